The Morgan fingerprint density at radius 2 is 2.07 bits per heavy atom. The van der Waals surface area contributed by atoms with Gasteiger partial charge in [0.2, 0.25) is 0 Å². The first kappa shape index (κ1) is 10.6. The zero-order valence-corrected chi connectivity index (χ0v) is 8.75. The third-order valence-corrected chi connectivity index (χ3v) is 1.79. The van der Waals surface area contributed by atoms with Gasteiger partial charge in [0.25, 0.3) is 0 Å². The molecule has 1 aromatic heterocycles. The number of nitrogens with zero attached hydrogens (tertiary/aromatic N) is 1. The summed E-state index contributed by atoms with van der Waals surface area (Å²) in [5.74, 6) is -0.00250. The maximum Gasteiger partial charge on any atom is 0.345 e. The Bertz CT molecular complexity index is 349. The van der Waals surface area contributed by atoms with Crippen LogP contribution in [0.4, 0.5) is 5.82 Å². The Morgan fingerprint density at radius 1 is 1.50 bits per heavy atom. The van der Waals surface area contributed by atoms with Crippen molar-refractivity contribution in [3.63, 3.8) is 0 Å². The molecule has 0 unspecified atom stereocenters. The van der Waals surface area contributed by atoms with Gasteiger partial charge < -0.3 is 15.0 Å². The van der Waals surface area contributed by atoms with Gasteiger partial charge >= 0.3 is 5.97 Å². The van der Waals surface area contributed by atoms with E-state index in [1.807, 2.05) is 20.8 Å². The topological polar surface area (TPSA) is 78.4 Å². The molecule has 0 saturated carbocycles. The van der Waals surface area contributed by atoms with Crippen molar-refractivity contribution in [2.24, 2.45) is 0 Å². The van der Waals surface area contributed by atoms with Crippen molar-refractivity contribution >= 4 is 11.8 Å². The second kappa shape index (κ2) is 3.32. The molecule has 0 aromatic carbocycles. The molecule has 0 bridgehead atoms. The van der Waals surface area contributed by atoms with Gasteiger partial charge in [-0.3, -0.25) is 0 Å². The number of hydrogen-bond acceptors (Lipinski definition) is 5. The van der Waals surface area contributed by atoms with E-state index in [9.17, 15) is 4.79 Å². The molecule has 0 fully saturated rings. The van der Waals surface area contributed by atoms with Crippen LogP contribution in [0, 0.1) is 0 Å². The molecule has 1 aromatic rings. The minimum Gasteiger partial charge on any atom is -0.465 e. The molecule has 5 heteroatoms. The van der Waals surface area contributed by atoms with Gasteiger partial charge in [-0.15, -0.1) is 0 Å². The standard InChI is InChI=1S/C9H14N2O3/c1-9(2,3)6-5(8(12)13-4)7(10)11-14-6/h1-4H3,(H2,10,11). The highest BCUT2D eigenvalue weighted by Crippen LogP contribution is 2.29. The normalized spacial score (nSPS) is 11.4. The van der Waals surface area contributed by atoms with Crippen molar-refractivity contribution in [2.75, 3.05) is 12.8 Å². The summed E-state index contributed by atoms with van der Waals surface area (Å²) < 4.78 is 9.60. The molecule has 0 radical (unpaired) electrons. The summed E-state index contributed by atoms with van der Waals surface area (Å²) in [4.78, 5) is 11.4. The fourth-order valence-corrected chi connectivity index (χ4v) is 1.11. The number of aromatic nitrogens is 1. The number of ether oxygens (including phenoxy) is 1. The van der Waals surface area contributed by atoms with E-state index in [-0.39, 0.29) is 16.8 Å². The molecule has 0 amide bonds. The van der Waals surface area contributed by atoms with Gasteiger partial charge in [-0.1, -0.05) is 25.9 Å². The number of anilines is 1. The Hall–Kier alpha value is -1.52. The first-order valence-corrected chi connectivity index (χ1v) is 4.22. The smallest absolute Gasteiger partial charge is 0.345 e. The second-order valence-corrected chi connectivity index (χ2v) is 4.01. The van der Waals surface area contributed by atoms with Crippen molar-refractivity contribution in [2.45, 2.75) is 26.2 Å². The highest BCUT2D eigenvalue weighted by molar-refractivity contribution is 5.95. The van der Waals surface area contributed by atoms with E-state index in [1.54, 1.807) is 0 Å². The average molecular weight is 198 g/mol. The minimum atomic E-state index is -0.520. The van der Waals surface area contributed by atoms with Gasteiger partial charge in [0.15, 0.2) is 11.6 Å². The molecule has 5 nitrogen and oxygen atoms in total. The zero-order chi connectivity index (χ0) is 10.9. The Morgan fingerprint density at radius 3 is 2.50 bits per heavy atom. The lowest BCUT2D eigenvalue weighted by molar-refractivity contribution is 0.0597. The molecule has 0 aliphatic heterocycles. The van der Waals surface area contributed by atoms with Gasteiger partial charge in [-0.25, -0.2) is 4.79 Å². The van der Waals surface area contributed by atoms with Gasteiger partial charge in [0, 0.05) is 5.41 Å². The fourth-order valence-electron chi connectivity index (χ4n) is 1.11. The monoisotopic (exact) mass is 198 g/mol. The third-order valence-electron chi connectivity index (χ3n) is 1.79. The summed E-state index contributed by atoms with van der Waals surface area (Å²) in [7, 11) is 1.29. The average Bonchev–Trinajstić information content (AvgIpc) is 2.45. The van der Waals surface area contributed by atoms with Gasteiger partial charge in [0.1, 0.15) is 5.56 Å². The summed E-state index contributed by atoms with van der Waals surface area (Å²) in [5, 5.41) is 3.55. The molecule has 14 heavy (non-hydrogen) atoms. The first-order valence-electron chi connectivity index (χ1n) is 4.22. The van der Waals surface area contributed by atoms with Crippen molar-refractivity contribution in [1.82, 2.24) is 5.16 Å². The maximum absolute atomic E-state index is 11.4. The van der Waals surface area contributed by atoms with E-state index in [0.717, 1.165) is 0 Å². The number of carbonyl (C=O) groups excluding carboxylic acids is 1. The quantitative estimate of drug-likeness (QED) is 0.689. The molecule has 0 saturated heterocycles. The summed E-state index contributed by atoms with van der Waals surface area (Å²) in [5.41, 5.74) is 5.41. The summed E-state index contributed by atoms with van der Waals surface area (Å²) in [6.45, 7) is 5.71. The Balaban J connectivity index is 3.26. The van der Waals surface area contributed by atoms with Gasteiger partial charge in [-0.05, 0) is 0 Å². The molecule has 1 rings (SSSR count). The van der Waals surface area contributed by atoms with E-state index in [4.69, 9.17) is 10.3 Å². The number of hydrogen-bond donors (Lipinski definition) is 1. The lowest BCUT2D eigenvalue weighted by atomic mass is 9.90. The molecule has 0 aliphatic rings. The highest BCUT2D eigenvalue weighted by Gasteiger charge is 2.30. The van der Waals surface area contributed by atoms with E-state index in [2.05, 4.69) is 9.89 Å². The highest BCUT2D eigenvalue weighted by atomic mass is 16.5. The number of nitrogens with two attached hydrogens (primary N) is 1. The van der Waals surface area contributed by atoms with Crippen LogP contribution in [0.2, 0.25) is 0 Å². The maximum atomic E-state index is 11.4. The van der Waals surface area contributed by atoms with Crippen LogP contribution in [0.15, 0.2) is 4.52 Å². The number of rotatable bonds is 1. The van der Waals surface area contributed by atoms with E-state index >= 15 is 0 Å². The van der Waals surface area contributed by atoms with Crippen molar-refractivity contribution < 1.29 is 14.1 Å². The molecular formula is C9H14N2O3. The molecule has 78 valence electrons. The predicted molar refractivity (Wildman–Crippen MR) is 51.0 cm³/mol. The lowest BCUT2D eigenvalue weighted by Crippen LogP contribution is -2.16. The largest absolute Gasteiger partial charge is 0.465 e. The van der Waals surface area contributed by atoms with Crippen LogP contribution in [0.1, 0.15) is 36.9 Å². The molecule has 0 spiro atoms. The van der Waals surface area contributed by atoms with Crippen LogP contribution in [0.25, 0.3) is 0 Å². The second-order valence-electron chi connectivity index (χ2n) is 4.01. The Kier molecular flexibility index (Phi) is 2.51. The van der Waals surface area contributed by atoms with Crippen LogP contribution >= 0.6 is 0 Å². The summed E-state index contributed by atoms with van der Waals surface area (Å²) in [6.07, 6.45) is 0. The van der Waals surface area contributed by atoms with Crippen molar-refractivity contribution in [3.8, 4) is 0 Å². The first-order chi connectivity index (χ1) is 6.38. The van der Waals surface area contributed by atoms with E-state index < -0.39 is 5.97 Å². The predicted octanol–water partition coefficient (Wildman–Crippen LogP) is 1.34. The summed E-state index contributed by atoms with van der Waals surface area (Å²) in [6, 6.07) is 0. The molecule has 0 aliphatic carbocycles. The molecular weight excluding hydrogens is 184 g/mol. The summed E-state index contributed by atoms with van der Waals surface area (Å²) >= 11 is 0. The van der Waals surface area contributed by atoms with E-state index in [0.29, 0.717) is 5.76 Å². The van der Waals surface area contributed by atoms with Crippen LogP contribution < -0.4 is 5.73 Å². The number of esters is 1. The minimum absolute atomic E-state index is 0.0711. The SMILES string of the molecule is COC(=O)c1c(N)noc1C(C)(C)C. The third kappa shape index (κ3) is 1.71. The fraction of sp³-hybridized carbons (Fsp3) is 0.556. The number of methoxy groups -OCH3 is 1. The number of carbonyl (C=O) groups is 1. The molecule has 0 atom stereocenters. The van der Waals surface area contributed by atoms with Crippen LogP contribution in [0.5, 0.6) is 0 Å². The van der Waals surface area contributed by atoms with Crippen molar-refractivity contribution in [3.05, 3.63) is 11.3 Å². The van der Waals surface area contributed by atoms with Gasteiger partial charge in [0.05, 0.1) is 7.11 Å². The van der Waals surface area contributed by atoms with E-state index in [1.165, 1.54) is 7.11 Å². The van der Waals surface area contributed by atoms with Crippen molar-refractivity contribution in [1.29, 1.82) is 0 Å². The zero-order valence-electron chi connectivity index (χ0n) is 8.75. The van der Waals surface area contributed by atoms with Gasteiger partial charge in [-0.2, -0.15) is 0 Å². The van der Waals surface area contributed by atoms with Crippen LogP contribution in [-0.4, -0.2) is 18.2 Å². The Labute approximate surface area is 82.2 Å². The number of nitrogen functional groups attached to an aromatic ring is 1. The lowest BCUT2D eigenvalue weighted by Gasteiger charge is -2.14. The molecule has 1 heterocycles. The molecule has 2 N–H and O–H groups in total. The van der Waals surface area contributed by atoms with Crippen LogP contribution in [0.3, 0.4) is 0 Å². The van der Waals surface area contributed by atoms with Crippen LogP contribution in [-0.2, 0) is 10.2 Å².